The fraction of sp³-hybridized carbons (Fsp3) is 0.556. The van der Waals surface area contributed by atoms with E-state index in [1.54, 1.807) is 7.11 Å². The average molecular weight is 185 g/mol. The molecule has 1 heterocycles. The van der Waals surface area contributed by atoms with Gasteiger partial charge in [0.1, 0.15) is 6.20 Å². The number of nitrogens with one attached hydrogen (secondary N) is 2. The monoisotopic (exact) mass is 185 g/mol. The predicted molar refractivity (Wildman–Crippen MR) is 49.7 cm³/mol. The Morgan fingerprint density at radius 2 is 2.38 bits per heavy atom. The van der Waals surface area contributed by atoms with E-state index in [1.165, 1.54) is 0 Å². The third-order valence-electron chi connectivity index (χ3n) is 1.92. The summed E-state index contributed by atoms with van der Waals surface area (Å²) in [7, 11) is 1.67. The highest BCUT2D eigenvalue weighted by Gasteiger charge is 2.18. The Balaban J connectivity index is 2.30. The van der Waals surface area contributed by atoms with Gasteiger partial charge in [-0.25, -0.2) is 4.84 Å². The van der Waals surface area contributed by atoms with Gasteiger partial charge in [0, 0.05) is 13.2 Å². The molecule has 2 atom stereocenters. The lowest BCUT2D eigenvalue weighted by atomic mass is 10.3. The van der Waals surface area contributed by atoms with Crippen LogP contribution in [0.15, 0.2) is 24.4 Å². The Hall–Kier alpha value is -0.680. The lowest BCUT2D eigenvalue weighted by molar-refractivity contribution is -1.06. The highest BCUT2D eigenvalue weighted by atomic mass is 16.7. The first-order valence-corrected chi connectivity index (χ1v) is 4.48. The van der Waals surface area contributed by atoms with E-state index in [9.17, 15) is 0 Å². The van der Waals surface area contributed by atoms with Gasteiger partial charge in [-0.2, -0.15) is 0 Å². The first kappa shape index (κ1) is 10.4. The van der Waals surface area contributed by atoms with Crippen molar-refractivity contribution in [1.82, 2.24) is 5.32 Å². The van der Waals surface area contributed by atoms with Gasteiger partial charge in [-0.1, -0.05) is 6.08 Å². The summed E-state index contributed by atoms with van der Waals surface area (Å²) in [6, 6.07) is 0. The fourth-order valence-electron chi connectivity index (χ4n) is 1.22. The van der Waals surface area contributed by atoms with Gasteiger partial charge in [0.2, 0.25) is 0 Å². The van der Waals surface area contributed by atoms with Crippen LogP contribution in [0.25, 0.3) is 0 Å². The van der Waals surface area contributed by atoms with Gasteiger partial charge < -0.3 is 5.11 Å². The van der Waals surface area contributed by atoms with Crippen molar-refractivity contribution >= 4 is 0 Å². The third kappa shape index (κ3) is 3.28. The van der Waals surface area contributed by atoms with Crippen LogP contribution in [0, 0.1) is 0 Å². The molecule has 2 unspecified atom stereocenters. The largest absolute Gasteiger partial charge is 0.396 e. The Morgan fingerprint density at radius 3 is 3.08 bits per heavy atom. The van der Waals surface area contributed by atoms with Crippen molar-refractivity contribution in [3.05, 3.63) is 24.4 Å². The summed E-state index contributed by atoms with van der Waals surface area (Å²) in [6.45, 7) is 1.02. The normalized spacial score (nSPS) is 26.6. The summed E-state index contributed by atoms with van der Waals surface area (Å²) in [4.78, 5) is 5.19. The fourth-order valence-corrected chi connectivity index (χ4v) is 1.22. The van der Waals surface area contributed by atoms with Crippen LogP contribution in [-0.2, 0) is 4.84 Å². The smallest absolute Gasteiger partial charge is 0.195 e. The Kier molecular flexibility index (Phi) is 4.70. The molecule has 0 aliphatic carbocycles. The minimum atomic E-state index is 0.154. The number of rotatable bonds is 5. The molecule has 1 aliphatic heterocycles. The number of aliphatic hydroxyl groups is 1. The van der Waals surface area contributed by atoms with Crippen LogP contribution in [-0.4, -0.2) is 31.5 Å². The molecule has 0 bridgehead atoms. The molecule has 0 aromatic rings. The number of hydroxylamine groups is 2. The SMILES string of the molecule is CO[NH+]1C=CC=CC1NCCCO. The molecule has 1 rings (SSSR count). The van der Waals surface area contributed by atoms with E-state index in [0.29, 0.717) is 0 Å². The molecule has 0 fully saturated rings. The zero-order chi connectivity index (χ0) is 9.52. The van der Waals surface area contributed by atoms with Crippen LogP contribution in [0.3, 0.4) is 0 Å². The third-order valence-corrected chi connectivity index (χ3v) is 1.92. The van der Waals surface area contributed by atoms with Gasteiger partial charge in [-0.15, -0.1) is 5.06 Å². The van der Waals surface area contributed by atoms with Crippen LogP contribution < -0.4 is 10.4 Å². The molecular weight excluding hydrogens is 168 g/mol. The van der Waals surface area contributed by atoms with Gasteiger partial charge >= 0.3 is 0 Å². The van der Waals surface area contributed by atoms with E-state index in [0.717, 1.165) is 18.0 Å². The highest BCUT2D eigenvalue weighted by Crippen LogP contribution is 1.86. The van der Waals surface area contributed by atoms with E-state index in [-0.39, 0.29) is 12.8 Å². The van der Waals surface area contributed by atoms with Crippen molar-refractivity contribution in [2.45, 2.75) is 12.6 Å². The molecule has 0 saturated carbocycles. The molecular formula is C9H17N2O2+. The number of hydrogen-bond acceptors (Lipinski definition) is 3. The van der Waals surface area contributed by atoms with Crippen LogP contribution >= 0.6 is 0 Å². The maximum absolute atomic E-state index is 8.61. The molecule has 0 radical (unpaired) electrons. The maximum atomic E-state index is 8.61. The quantitative estimate of drug-likeness (QED) is 0.472. The minimum absolute atomic E-state index is 0.154. The molecule has 74 valence electrons. The number of allylic oxidation sites excluding steroid dienone is 2. The summed E-state index contributed by atoms with van der Waals surface area (Å²) >= 11 is 0. The summed E-state index contributed by atoms with van der Waals surface area (Å²) in [5.74, 6) is 0. The van der Waals surface area contributed by atoms with Crippen LogP contribution in [0.5, 0.6) is 0 Å². The molecule has 0 aromatic carbocycles. The topological polar surface area (TPSA) is 45.9 Å². The molecule has 0 amide bonds. The van der Waals surface area contributed by atoms with Crippen molar-refractivity contribution in [2.75, 3.05) is 20.3 Å². The van der Waals surface area contributed by atoms with Gasteiger partial charge in [0.05, 0.1) is 7.11 Å². The molecule has 4 heteroatoms. The zero-order valence-electron chi connectivity index (χ0n) is 7.86. The molecule has 0 saturated heterocycles. The van der Waals surface area contributed by atoms with E-state index < -0.39 is 0 Å². The summed E-state index contributed by atoms with van der Waals surface area (Å²) in [5, 5.41) is 12.8. The Morgan fingerprint density at radius 1 is 1.54 bits per heavy atom. The molecule has 13 heavy (non-hydrogen) atoms. The van der Waals surface area contributed by atoms with E-state index >= 15 is 0 Å². The molecule has 1 aliphatic rings. The second kappa shape index (κ2) is 5.88. The van der Waals surface area contributed by atoms with Gasteiger partial charge in [0.25, 0.3) is 0 Å². The van der Waals surface area contributed by atoms with Gasteiger partial charge in [0.15, 0.2) is 6.17 Å². The summed E-state index contributed by atoms with van der Waals surface area (Å²) < 4.78 is 0. The molecule has 4 nitrogen and oxygen atoms in total. The Labute approximate surface area is 78.4 Å². The van der Waals surface area contributed by atoms with Crippen LogP contribution in [0.1, 0.15) is 6.42 Å². The minimum Gasteiger partial charge on any atom is -0.396 e. The van der Waals surface area contributed by atoms with Crippen molar-refractivity contribution in [3.8, 4) is 0 Å². The number of quaternary nitrogens is 1. The summed E-state index contributed by atoms with van der Waals surface area (Å²) in [6.07, 6.45) is 8.83. The molecule has 0 aromatic heterocycles. The first-order valence-electron chi connectivity index (χ1n) is 4.48. The zero-order valence-corrected chi connectivity index (χ0v) is 7.86. The van der Waals surface area contributed by atoms with Crippen LogP contribution in [0.4, 0.5) is 0 Å². The van der Waals surface area contributed by atoms with E-state index in [1.807, 2.05) is 24.4 Å². The maximum Gasteiger partial charge on any atom is 0.195 e. The second-order valence-electron chi connectivity index (χ2n) is 2.86. The first-order chi connectivity index (χ1) is 6.38. The van der Waals surface area contributed by atoms with Crippen molar-refractivity contribution < 1.29 is 15.0 Å². The number of aliphatic hydroxyl groups excluding tert-OH is 1. The standard InChI is InChI=1S/C9H16N2O2/c1-13-11-7-3-2-5-9(11)10-6-4-8-12/h2-3,5,7,9-10,12H,4,6,8H2,1H3/p+1. The van der Waals surface area contributed by atoms with E-state index in [4.69, 9.17) is 9.94 Å². The number of hydrogen-bond donors (Lipinski definition) is 3. The summed E-state index contributed by atoms with van der Waals surface area (Å²) in [5.41, 5.74) is 0. The molecule has 3 N–H and O–H groups in total. The lowest BCUT2D eigenvalue weighted by Gasteiger charge is -2.21. The second-order valence-corrected chi connectivity index (χ2v) is 2.86. The molecule has 0 spiro atoms. The van der Waals surface area contributed by atoms with Gasteiger partial charge in [-0.3, -0.25) is 5.32 Å². The average Bonchev–Trinajstić information content (AvgIpc) is 2.19. The van der Waals surface area contributed by atoms with Crippen molar-refractivity contribution in [3.63, 3.8) is 0 Å². The van der Waals surface area contributed by atoms with Crippen molar-refractivity contribution in [1.29, 1.82) is 0 Å². The highest BCUT2D eigenvalue weighted by molar-refractivity contribution is 5.04. The van der Waals surface area contributed by atoms with Crippen LogP contribution in [0.2, 0.25) is 0 Å². The Bertz CT molecular complexity index is 192. The lowest BCUT2D eigenvalue weighted by Crippen LogP contribution is -3.12. The van der Waals surface area contributed by atoms with Gasteiger partial charge in [-0.05, 0) is 18.6 Å². The van der Waals surface area contributed by atoms with E-state index in [2.05, 4.69) is 5.32 Å². The van der Waals surface area contributed by atoms with Crippen molar-refractivity contribution in [2.24, 2.45) is 0 Å². The predicted octanol–water partition coefficient (Wildman–Crippen LogP) is -1.19.